The minimum absolute atomic E-state index is 0.0188. The van der Waals surface area contributed by atoms with E-state index >= 15 is 0 Å². The van der Waals surface area contributed by atoms with Crippen LogP contribution in [0.25, 0.3) is 12.2 Å². The van der Waals surface area contributed by atoms with E-state index in [-0.39, 0.29) is 16.8 Å². The summed E-state index contributed by atoms with van der Waals surface area (Å²) in [7, 11) is 0. The molecule has 3 aromatic rings. The molecule has 156 valence electrons. The molecule has 1 N–H and O–H groups in total. The summed E-state index contributed by atoms with van der Waals surface area (Å²) in [6.07, 6.45) is 4.33. The second-order valence-corrected chi connectivity index (χ2v) is 7.79. The first-order valence-corrected chi connectivity index (χ1v) is 10.1. The van der Waals surface area contributed by atoms with Gasteiger partial charge in [-0.15, -0.1) is 0 Å². The Labute approximate surface area is 184 Å². The highest BCUT2D eigenvalue weighted by Gasteiger charge is 2.19. The van der Waals surface area contributed by atoms with Crippen LogP contribution in [0.4, 0.5) is 11.4 Å². The van der Waals surface area contributed by atoms with Crippen molar-refractivity contribution in [1.29, 1.82) is 0 Å². The Morgan fingerprint density at radius 3 is 2.74 bits per heavy atom. The van der Waals surface area contributed by atoms with Gasteiger partial charge in [0, 0.05) is 35.9 Å². The van der Waals surface area contributed by atoms with Gasteiger partial charge in [-0.25, -0.2) is 4.79 Å². The van der Waals surface area contributed by atoms with Crippen LogP contribution in [0.3, 0.4) is 0 Å². The summed E-state index contributed by atoms with van der Waals surface area (Å²) in [5.74, 6) is -1.13. The Morgan fingerprint density at radius 2 is 1.97 bits per heavy atom. The molecule has 0 spiro atoms. The maximum absolute atomic E-state index is 11.5. The van der Waals surface area contributed by atoms with Crippen molar-refractivity contribution in [3.63, 3.8) is 0 Å². The number of fused-ring (bicyclic) bond motifs is 1. The Kier molecular flexibility index (Phi) is 5.73. The van der Waals surface area contributed by atoms with Crippen LogP contribution in [0.5, 0.6) is 0 Å². The van der Waals surface area contributed by atoms with Crippen LogP contribution < -0.4 is 4.90 Å². The van der Waals surface area contributed by atoms with Crippen molar-refractivity contribution in [2.45, 2.75) is 13.0 Å². The number of hydrogen-bond donors (Lipinski definition) is 1. The molecule has 0 aromatic heterocycles. The lowest BCUT2D eigenvalue weighted by atomic mass is 10.0. The third kappa shape index (κ3) is 4.59. The normalized spacial score (nSPS) is 12.9. The van der Waals surface area contributed by atoms with Crippen LogP contribution in [-0.2, 0) is 13.0 Å². The largest absolute Gasteiger partial charge is 0.478 e. The fourth-order valence-corrected chi connectivity index (χ4v) is 4.00. The van der Waals surface area contributed by atoms with Gasteiger partial charge >= 0.3 is 5.97 Å². The summed E-state index contributed by atoms with van der Waals surface area (Å²) >= 11 is 6.09. The van der Waals surface area contributed by atoms with E-state index in [0.717, 1.165) is 35.7 Å². The minimum Gasteiger partial charge on any atom is -0.478 e. The molecule has 0 saturated heterocycles. The molecule has 0 saturated carbocycles. The van der Waals surface area contributed by atoms with E-state index in [2.05, 4.69) is 4.90 Å². The van der Waals surface area contributed by atoms with Crippen molar-refractivity contribution < 1.29 is 14.8 Å². The van der Waals surface area contributed by atoms with E-state index in [1.54, 1.807) is 12.2 Å². The molecule has 3 aromatic carbocycles. The Morgan fingerprint density at radius 1 is 1.13 bits per heavy atom. The van der Waals surface area contributed by atoms with Crippen molar-refractivity contribution in [3.8, 4) is 0 Å². The Hall–Kier alpha value is -3.64. The highest BCUT2D eigenvalue weighted by molar-refractivity contribution is 6.30. The number of rotatable bonds is 6. The van der Waals surface area contributed by atoms with E-state index in [0.29, 0.717) is 0 Å². The minimum atomic E-state index is -1.13. The summed E-state index contributed by atoms with van der Waals surface area (Å²) in [4.78, 5) is 24.3. The molecule has 7 heteroatoms. The number of benzene rings is 3. The molecule has 4 rings (SSSR count). The predicted molar refractivity (Wildman–Crippen MR) is 122 cm³/mol. The van der Waals surface area contributed by atoms with E-state index in [9.17, 15) is 20.0 Å². The molecule has 1 aliphatic heterocycles. The van der Waals surface area contributed by atoms with Gasteiger partial charge in [0.05, 0.1) is 10.5 Å². The highest BCUT2D eigenvalue weighted by Crippen LogP contribution is 2.31. The molecular weight excluding hydrogens is 416 g/mol. The molecule has 6 nitrogen and oxygen atoms in total. The number of aromatic carboxylic acids is 1. The fraction of sp³-hybridized carbons (Fsp3) is 0.125. The SMILES string of the molecule is O=C(O)c1ccc([N+](=O)[O-])cc1/C=C\c1cccc(CN2CCc3cc(Cl)ccc32)c1. The number of nitro benzene ring substituents is 1. The lowest BCUT2D eigenvalue weighted by Gasteiger charge is -2.19. The summed E-state index contributed by atoms with van der Waals surface area (Å²) < 4.78 is 0. The van der Waals surface area contributed by atoms with E-state index in [4.69, 9.17) is 11.6 Å². The topological polar surface area (TPSA) is 83.7 Å². The van der Waals surface area contributed by atoms with Crippen LogP contribution >= 0.6 is 11.6 Å². The van der Waals surface area contributed by atoms with E-state index < -0.39 is 10.9 Å². The van der Waals surface area contributed by atoms with Gasteiger partial charge in [-0.1, -0.05) is 42.0 Å². The van der Waals surface area contributed by atoms with Gasteiger partial charge in [0.25, 0.3) is 5.69 Å². The molecule has 1 aliphatic rings. The number of nitro groups is 1. The molecular formula is C24H19ClN2O4. The maximum atomic E-state index is 11.5. The van der Waals surface area contributed by atoms with Crippen LogP contribution in [0.2, 0.25) is 5.02 Å². The van der Waals surface area contributed by atoms with Gasteiger partial charge in [-0.2, -0.15) is 0 Å². The van der Waals surface area contributed by atoms with Crippen molar-refractivity contribution in [1.82, 2.24) is 0 Å². The lowest BCUT2D eigenvalue weighted by molar-refractivity contribution is -0.384. The van der Waals surface area contributed by atoms with Crippen molar-refractivity contribution in [2.75, 3.05) is 11.4 Å². The van der Waals surface area contributed by atoms with Gasteiger partial charge in [0.2, 0.25) is 0 Å². The summed E-state index contributed by atoms with van der Waals surface area (Å²) in [6, 6.07) is 17.6. The molecule has 0 unspecified atom stereocenters. The molecule has 0 atom stereocenters. The molecule has 0 bridgehead atoms. The number of carboxylic acid groups (broad SMARTS) is 1. The number of nitrogens with zero attached hydrogens (tertiary/aromatic N) is 2. The lowest BCUT2D eigenvalue weighted by Crippen LogP contribution is -2.19. The third-order valence-corrected chi connectivity index (χ3v) is 5.52. The summed E-state index contributed by atoms with van der Waals surface area (Å²) in [5, 5.41) is 21.2. The van der Waals surface area contributed by atoms with Crippen LogP contribution in [0.1, 0.15) is 32.6 Å². The van der Waals surface area contributed by atoms with Gasteiger partial charge in [0.1, 0.15) is 0 Å². The second kappa shape index (κ2) is 8.62. The van der Waals surface area contributed by atoms with Crippen molar-refractivity contribution >= 4 is 41.1 Å². The number of anilines is 1. The fourth-order valence-electron chi connectivity index (χ4n) is 3.80. The van der Waals surface area contributed by atoms with E-state index in [1.807, 2.05) is 42.5 Å². The number of carbonyl (C=O) groups is 1. The number of carboxylic acids is 1. The predicted octanol–water partition coefficient (Wildman–Crippen LogP) is 5.68. The molecule has 1 heterocycles. The highest BCUT2D eigenvalue weighted by atomic mass is 35.5. The Bertz CT molecular complexity index is 1210. The third-order valence-electron chi connectivity index (χ3n) is 5.29. The zero-order chi connectivity index (χ0) is 22.0. The van der Waals surface area contributed by atoms with Gasteiger partial charge in [0.15, 0.2) is 0 Å². The van der Waals surface area contributed by atoms with Gasteiger partial charge in [-0.05, 0) is 59.0 Å². The smallest absolute Gasteiger partial charge is 0.336 e. The Balaban J connectivity index is 1.56. The summed E-state index contributed by atoms with van der Waals surface area (Å²) in [5.41, 5.74) is 4.59. The van der Waals surface area contributed by atoms with Crippen LogP contribution in [-0.4, -0.2) is 22.5 Å². The number of hydrogen-bond acceptors (Lipinski definition) is 4. The first-order valence-electron chi connectivity index (χ1n) is 9.73. The average Bonchev–Trinajstić information content (AvgIpc) is 3.13. The van der Waals surface area contributed by atoms with Crippen molar-refractivity contribution in [3.05, 3.63) is 104 Å². The van der Waals surface area contributed by atoms with Gasteiger partial charge < -0.3 is 10.0 Å². The maximum Gasteiger partial charge on any atom is 0.336 e. The van der Waals surface area contributed by atoms with E-state index in [1.165, 1.54) is 29.4 Å². The average molecular weight is 435 g/mol. The van der Waals surface area contributed by atoms with Crippen LogP contribution in [0.15, 0.2) is 60.7 Å². The first-order chi connectivity index (χ1) is 14.9. The first kappa shape index (κ1) is 20.6. The quantitative estimate of drug-likeness (QED) is 0.306. The van der Waals surface area contributed by atoms with Crippen molar-refractivity contribution in [2.24, 2.45) is 0 Å². The molecule has 31 heavy (non-hydrogen) atoms. The van der Waals surface area contributed by atoms with Gasteiger partial charge in [-0.3, -0.25) is 10.1 Å². The number of halogens is 1. The zero-order valence-corrected chi connectivity index (χ0v) is 17.2. The zero-order valence-electron chi connectivity index (χ0n) is 16.5. The molecule has 0 amide bonds. The monoisotopic (exact) mass is 434 g/mol. The molecule has 0 radical (unpaired) electrons. The summed E-state index contributed by atoms with van der Waals surface area (Å²) in [6.45, 7) is 1.67. The molecule has 0 fully saturated rings. The standard InChI is InChI=1S/C24H19ClN2O4/c25-20-6-9-23-19(13-20)10-11-26(23)15-17-3-1-2-16(12-17)4-5-18-14-21(27(30)31)7-8-22(18)24(28)29/h1-9,12-14H,10-11,15H2,(H,28,29)/b5-4-. The van der Waals surface area contributed by atoms with Crippen LogP contribution in [0, 0.1) is 10.1 Å². The molecule has 0 aliphatic carbocycles. The number of non-ortho nitro benzene ring substituents is 1. The second-order valence-electron chi connectivity index (χ2n) is 7.36.